The van der Waals surface area contributed by atoms with Crippen LogP contribution < -0.4 is 10.5 Å². The zero-order valence-electron chi connectivity index (χ0n) is 8.13. The van der Waals surface area contributed by atoms with Crippen molar-refractivity contribution in [1.29, 1.82) is 0 Å². The minimum Gasteiger partial charge on any atom is -0.495 e. The molecule has 1 amide bonds. The summed E-state index contributed by atoms with van der Waals surface area (Å²) in [4.78, 5) is 11.1. The molecule has 0 radical (unpaired) electrons. The van der Waals surface area contributed by atoms with Gasteiger partial charge in [0.25, 0.3) is 5.91 Å². The first-order valence-corrected chi connectivity index (χ1v) is 5.05. The fourth-order valence-electron chi connectivity index (χ4n) is 1.24. The topological polar surface area (TPSA) is 52.3 Å². The summed E-state index contributed by atoms with van der Waals surface area (Å²) in [6.07, 6.45) is 0.850. The van der Waals surface area contributed by atoms with Gasteiger partial charge in [0.2, 0.25) is 0 Å². The summed E-state index contributed by atoms with van der Waals surface area (Å²) in [5.74, 6) is 0.0209. The molecule has 0 unspecified atom stereocenters. The smallest absolute Gasteiger partial charge is 0.252 e. The highest BCUT2D eigenvalue weighted by molar-refractivity contribution is 9.10. The Morgan fingerprint density at radius 3 is 2.64 bits per heavy atom. The normalized spacial score (nSPS) is 9.93. The van der Waals surface area contributed by atoms with Crippen LogP contribution in [0.3, 0.4) is 0 Å². The van der Waals surface area contributed by atoms with Crippen molar-refractivity contribution in [3.63, 3.8) is 0 Å². The molecule has 14 heavy (non-hydrogen) atoms. The maximum atomic E-state index is 11.1. The first-order chi connectivity index (χ1) is 6.60. The van der Waals surface area contributed by atoms with E-state index < -0.39 is 5.91 Å². The number of carbonyl (C=O) groups excluding carboxylic acids is 1. The second-order valence-electron chi connectivity index (χ2n) is 2.88. The Kier molecular flexibility index (Phi) is 3.52. The third-order valence-corrected chi connectivity index (χ3v) is 2.57. The van der Waals surface area contributed by atoms with E-state index in [1.54, 1.807) is 6.07 Å². The quantitative estimate of drug-likeness (QED) is 0.902. The first kappa shape index (κ1) is 11.0. The maximum Gasteiger partial charge on any atom is 0.252 e. The van der Waals surface area contributed by atoms with Crippen LogP contribution >= 0.6 is 15.9 Å². The Balaban J connectivity index is 3.35. The lowest BCUT2D eigenvalue weighted by molar-refractivity contribution is 0.0997. The molecule has 1 aromatic carbocycles. The Hall–Kier alpha value is -1.03. The van der Waals surface area contributed by atoms with Crippen LogP contribution in [0.15, 0.2) is 16.6 Å². The summed E-state index contributed by atoms with van der Waals surface area (Å²) in [6, 6.07) is 3.68. The number of hydrogen-bond acceptors (Lipinski definition) is 2. The van der Waals surface area contributed by atoms with E-state index in [4.69, 9.17) is 10.5 Å². The Morgan fingerprint density at radius 1 is 1.57 bits per heavy atom. The van der Waals surface area contributed by atoms with Crippen molar-refractivity contribution in [1.82, 2.24) is 0 Å². The summed E-state index contributed by atoms with van der Waals surface area (Å²) in [5.41, 5.74) is 6.71. The van der Waals surface area contributed by atoms with Crippen LogP contribution in [0.1, 0.15) is 22.8 Å². The van der Waals surface area contributed by atoms with Gasteiger partial charge in [-0.2, -0.15) is 0 Å². The van der Waals surface area contributed by atoms with E-state index in [2.05, 4.69) is 15.9 Å². The highest BCUT2D eigenvalue weighted by atomic mass is 79.9. The number of primary amides is 1. The number of benzene rings is 1. The number of carbonyl (C=O) groups is 1. The lowest BCUT2D eigenvalue weighted by Gasteiger charge is -2.09. The van der Waals surface area contributed by atoms with E-state index in [0.29, 0.717) is 11.3 Å². The molecule has 0 saturated heterocycles. The molecule has 0 atom stereocenters. The molecule has 76 valence electrons. The van der Waals surface area contributed by atoms with Gasteiger partial charge in [-0.1, -0.05) is 6.92 Å². The molecule has 0 aliphatic carbocycles. The van der Waals surface area contributed by atoms with Gasteiger partial charge in [0.15, 0.2) is 0 Å². The number of halogens is 1. The van der Waals surface area contributed by atoms with Crippen molar-refractivity contribution >= 4 is 21.8 Å². The number of methoxy groups -OCH3 is 1. The molecule has 0 saturated carbocycles. The van der Waals surface area contributed by atoms with E-state index in [0.717, 1.165) is 16.5 Å². The lowest BCUT2D eigenvalue weighted by atomic mass is 10.1. The number of aryl methyl sites for hydroxylation is 1. The van der Waals surface area contributed by atoms with Crippen molar-refractivity contribution in [2.45, 2.75) is 13.3 Å². The average molecular weight is 258 g/mol. The number of hydrogen-bond donors (Lipinski definition) is 1. The van der Waals surface area contributed by atoms with E-state index in [1.807, 2.05) is 13.0 Å². The highest BCUT2D eigenvalue weighted by Crippen LogP contribution is 2.30. The molecule has 0 aliphatic heterocycles. The highest BCUT2D eigenvalue weighted by Gasteiger charge is 2.13. The third-order valence-electron chi connectivity index (χ3n) is 1.98. The summed E-state index contributed by atoms with van der Waals surface area (Å²) in [5, 5.41) is 0. The average Bonchev–Trinajstić information content (AvgIpc) is 2.16. The monoisotopic (exact) mass is 257 g/mol. The molecule has 3 nitrogen and oxygen atoms in total. The van der Waals surface area contributed by atoms with Crippen LogP contribution in [-0.2, 0) is 6.42 Å². The van der Waals surface area contributed by atoms with E-state index in [1.165, 1.54) is 7.11 Å². The van der Waals surface area contributed by atoms with Crippen LogP contribution in [0.2, 0.25) is 0 Å². The SMILES string of the molecule is CCc1cc(Br)c(OC)c(C(N)=O)c1. The number of rotatable bonds is 3. The van der Waals surface area contributed by atoms with Crippen LogP contribution in [0.5, 0.6) is 5.75 Å². The van der Waals surface area contributed by atoms with Crippen molar-refractivity contribution in [2.75, 3.05) is 7.11 Å². The van der Waals surface area contributed by atoms with Gasteiger partial charge >= 0.3 is 0 Å². The minimum atomic E-state index is -0.474. The number of nitrogens with two attached hydrogens (primary N) is 1. The molecule has 4 heteroatoms. The Bertz CT molecular complexity index is 363. The lowest BCUT2D eigenvalue weighted by Crippen LogP contribution is -2.13. The molecule has 0 heterocycles. The summed E-state index contributed by atoms with van der Waals surface area (Å²) >= 11 is 3.33. The van der Waals surface area contributed by atoms with Gasteiger partial charge < -0.3 is 10.5 Å². The molecule has 1 rings (SSSR count). The van der Waals surface area contributed by atoms with Gasteiger partial charge in [-0.15, -0.1) is 0 Å². The van der Waals surface area contributed by atoms with Crippen molar-refractivity contribution in [3.05, 3.63) is 27.7 Å². The van der Waals surface area contributed by atoms with Crippen molar-refractivity contribution in [3.8, 4) is 5.75 Å². The molecule has 0 aliphatic rings. The van der Waals surface area contributed by atoms with Gasteiger partial charge in [0.1, 0.15) is 5.75 Å². The minimum absolute atomic E-state index is 0.415. The van der Waals surface area contributed by atoms with Gasteiger partial charge in [-0.05, 0) is 40.0 Å². The molecule has 0 spiro atoms. The van der Waals surface area contributed by atoms with Crippen molar-refractivity contribution in [2.24, 2.45) is 5.73 Å². The fraction of sp³-hybridized carbons (Fsp3) is 0.300. The maximum absolute atomic E-state index is 11.1. The third kappa shape index (κ3) is 2.07. The first-order valence-electron chi connectivity index (χ1n) is 4.26. The molecule has 2 N–H and O–H groups in total. The van der Waals surface area contributed by atoms with Crippen molar-refractivity contribution < 1.29 is 9.53 Å². The van der Waals surface area contributed by atoms with Crippen LogP contribution in [0.4, 0.5) is 0 Å². The van der Waals surface area contributed by atoms with Crippen LogP contribution in [0.25, 0.3) is 0 Å². The van der Waals surface area contributed by atoms with Gasteiger partial charge in [0, 0.05) is 0 Å². The number of ether oxygens (including phenoxy) is 1. The van der Waals surface area contributed by atoms with Crippen LogP contribution in [-0.4, -0.2) is 13.0 Å². The molecular formula is C10H12BrNO2. The largest absolute Gasteiger partial charge is 0.495 e. The molecule has 0 bridgehead atoms. The van der Waals surface area contributed by atoms with E-state index >= 15 is 0 Å². The molecule has 1 aromatic rings. The second-order valence-corrected chi connectivity index (χ2v) is 3.73. The summed E-state index contributed by atoms with van der Waals surface area (Å²) in [6.45, 7) is 2.01. The predicted octanol–water partition coefficient (Wildman–Crippen LogP) is 2.12. The number of amides is 1. The zero-order valence-corrected chi connectivity index (χ0v) is 9.72. The van der Waals surface area contributed by atoms with E-state index in [-0.39, 0.29) is 0 Å². The second kappa shape index (κ2) is 4.46. The van der Waals surface area contributed by atoms with Crippen LogP contribution in [0, 0.1) is 0 Å². The van der Waals surface area contributed by atoms with Gasteiger partial charge in [0.05, 0.1) is 17.1 Å². The standard InChI is InChI=1S/C10H12BrNO2/c1-3-6-4-7(10(12)13)9(14-2)8(11)5-6/h4-5H,3H2,1-2H3,(H2,12,13). The molecule has 0 aromatic heterocycles. The van der Waals surface area contributed by atoms with Gasteiger partial charge in [-0.25, -0.2) is 0 Å². The summed E-state index contributed by atoms with van der Waals surface area (Å²) < 4.78 is 5.85. The summed E-state index contributed by atoms with van der Waals surface area (Å²) in [7, 11) is 1.51. The van der Waals surface area contributed by atoms with Gasteiger partial charge in [-0.3, -0.25) is 4.79 Å². The van der Waals surface area contributed by atoms with E-state index in [9.17, 15) is 4.79 Å². The fourth-order valence-corrected chi connectivity index (χ4v) is 1.91. The molecule has 0 fully saturated rings. The molecular weight excluding hydrogens is 246 g/mol. The predicted molar refractivity (Wildman–Crippen MR) is 58.6 cm³/mol. The Morgan fingerprint density at radius 2 is 2.21 bits per heavy atom. The Labute approximate surface area is 91.4 Å². The zero-order chi connectivity index (χ0) is 10.7.